The molecule has 0 saturated carbocycles. The fourth-order valence-corrected chi connectivity index (χ4v) is 4.90. The van der Waals surface area contributed by atoms with Gasteiger partial charge in [0.05, 0.1) is 20.2 Å². The molecule has 8 nitrogen and oxygen atoms in total. The number of benzene rings is 3. The van der Waals surface area contributed by atoms with Gasteiger partial charge in [0.15, 0.2) is 0 Å². The van der Waals surface area contributed by atoms with Crippen molar-refractivity contribution < 1.29 is 14.3 Å². The minimum atomic E-state index is -0.0656. The number of nitrogens with one attached hydrogen (secondary N) is 4. The Morgan fingerprint density at radius 3 is 2.33 bits per heavy atom. The lowest BCUT2D eigenvalue weighted by Gasteiger charge is -2.27. The summed E-state index contributed by atoms with van der Waals surface area (Å²) in [6.07, 6.45) is 4.69. The van der Waals surface area contributed by atoms with Crippen LogP contribution in [-0.2, 0) is 22.5 Å². The van der Waals surface area contributed by atoms with Crippen molar-refractivity contribution in [2.45, 2.75) is 39.2 Å². The van der Waals surface area contributed by atoms with E-state index in [2.05, 4.69) is 35.4 Å². The Labute approximate surface area is 248 Å². The van der Waals surface area contributed by atoms with E-state index >= 15 is 0 Å². The number of aromatic nitrogens is 1. The lowest BCUT2D eigenvalue weighted by atomic mass is 9.99. The second kappa shape index (κ2) is 15.5. The molecule has 0 bridgehead atoms. The van der Waals surface area contributed by atoms with Crippen molar-refractivity contribution in [1.29, 1.82) is 10.8 Å². The molecule has 1 aromatic heterocycles. The molecule has 4 N–H and O–H groups in total. The third-order valence-corrected chi connectivity index (χ3v) is 7.46. The summed E-state index contributed by atoms with van der Waals surface area (Å²) < 4.78 is 10.5. The van der Waals surface area contributed by atoms with E-state index in [4.69, 9.17) is 20.3 Å². The molecule has 4 aromatic rings. The lowest BCUT2D eigenvalue weighted by Crippen LogP contribution is -2.44. The Morgan fingerprint density at radius 2 is 1.64 bits per heavy atom. The summed E-state index contributed by atoms with van der Waals surface area (Å²) in [5.41, 5.74) is 4.66. The van der Waals surface area contributed by atoms with Crippen LogP contribution in [0.4, 0.5) is 0 Å². The zero-order chi connectivity index (χ0) is 29.7. The highest BCUT2D eigenvalue weighted by molar-refractivity contribution is 6.00. The Morgan fingerprint density at radius 1 is 0.952 bits per heavy atom. The molecule has 0 aliphatic carbocycles. The number of nitrogens with zero attached hydrogens (tertiary/aromatic N) is 1. The summed E-state index contributed by atoms with van der Waals surface area (Å²) in [6, 6.07) is 26.0. The SMILES string of the molecule is COc1ccc(CN(C(=N)CCc2ccccc2)C(=N)CNC(=O)C2CCOCC2)cc1.Cc1c[nH]c2ccccc12. The molecule has 0 spiro atoms. The summed E-state index contributed by atoms with van der Waals surface area (Å²) in [6.45, 7) is 3.80. The quantitative estimate of drug-likeness (QED) is 0.144. The van der Waals surface area contributed by atoms with Gasteiger partial charge in [-0.25, -0.2) is 0 Å². The van der Waals surface area contributed by atoms with Gasteiger partial charge in [0.25, 0.3) is 0 Å². The molecule has 1 fully saturated rings. The van der Waals surface area contributed by atoms with Crippen molar-refractivity contribution in [3.05, 3.63) is 102 Å². The van der Waals surface area contributed by atoms with Gasteiger partial charge in [-0.15, -0.1) is 0 Å². The van der Waals surface area contributed by atoms with Crippen molar-refractivity contribution in [2.75, 3.05) is 26.9 Å². The molecule has 0 atom stereocenters. The van der Waals surface area contributed by atoms with Crippen molar-refractivity contribution >= 4 is 28.5 Å². The zero-order valence-electron chi connectivity index (χ0n) is 24.5. The van der Waals surface area contributed by atoms with Crippen LogP contribution in [0.15, 0.2) is 85.1 Å². The van der Waals surface area contributed by atoms with E-state index in [9.17, 15) is 4.79 Å². The average Bonchev–Trinajstić information content (AvgIpc) is 3.43. The van der Waals surface area contributed by atoms with Crippen LogP contribution in [0.25, 0.3) is 10.9 Å². The highest BCUT2D eigenvalue weighted by Gasteiger charge is 2.23. The van der Waals surface area contributed by atoms with Crippen molar-refractivity contribution in [3.8, 4) is 5.75 Å². The number of carbonyl (C=O) groups excluding carboxylic acids is 1. The Hall–Kier alpha value is -4.43. The van der Waals surface area contributed by atoms with Gasteiger partial charge in [0.1, 0.15) is 17.4 Å². The van der Waals surface area contributed by atoms with Gasteiger partial charge >= 0.3 is 0 Å². The summed E-state index contributed by atoms with van der Waals surface area (Å²) in [4.78, 5) is 17.3. The number of amides is 1. The Balaban J connectivity index is 0.000000337. The average molecular weight is 568 g/mol. The summed E-state index contributed by atoms with van der Waals surface area (Å²) in [7, 11) is 1.62. The van der Waals surface area contributed by atoms with Gasteiger partial charge in [-0.3, -0.25) is 15.6 Å². The molecule has 1 saturated heterocycles. The number of aromatic amines is 1. The minimum Gasteiger partial charge on any atom is -0.497 e. The first kappa shape index (κ1) is 30.5. The second-order valence-corrected chi connectivity index (χ2v) is 10.4. The second-order valence-electron chi connectivity index (χ2n) is 10.4. The van der Waals surface area contributed by atoms with Crippen LogP contribution in [0.3, 0.4) is 0 Å². The van der Waals surface area contributed by atoms with Crippen LogP contribution in [0, 0.1) is 23.7 Å². The number of aryl methyl sites for hydroxylation is 2. The highest BCUT2D eigenvalue weighted by atomic mass is 16.5. The topological polar surface area (TPSA) is 114 Å². The van der Waals surface area contributed by atoms with Gasteiger partial charge in [0.2, 0.25) is 5.91 Å². The van der Waals surface area contributed by atoms with E-state index in [1.807, 2.05) is 66.9 Å². The van der Waals surface area contributed by atoms with Gasteiger partial charge in [0, 0.05) is 42.7 Å². The smallest absolute Gasteiger partial charge is 0.223 e. The van der Waals surface area contributed by atoms with Crippen molar-refractivity contribution in [2.24, 2.45) is 5.92 Å². The Bertz CT molecular complexity index is 1440. The maximum Gasteiger partial charge on any atom is 0.223 e. The number of fused-ring (bicyclic) bond motifs is 1. The number of ether oxygens (including phenoxy) is 2. The standard InChI is InChI=1S/C25H32N4O3.C9H9N/c1-31-22-10-7-20(8-11-22)18-29(23(26)12-9-19-5-3-2-4-6-19)24(27)17-28-25(30)21-13-15-32-16-14-21;1-7-6-10-9-5-3-2-4-8(7)9/h2-8,10-11,21,26-27H,9,12-18H2,1H3,(H,28,30);2-6,10H,1H3. The van der Waals surface area contributed by atoms with E-state index in [0.717, 1.165) is 23.3 Å². The molecule has 3 aromatic carbocycles. The van der Waals surface area contributed by atoms with Crippen molar-refractivity contribution in [1.82, 2.24) is 15.2 Å². The first-order valence-corrected chi connectivity index (χ1v) is 14.4. The number of rotatable bonds is 9. The maximum absolute atomic E-state index is 12.5. The fraction of sp³-hybridized carbons (Fsp3) is 0.324. The molecular formula is C34H41N5O3. The van der Waals surface area contributed by atoms with E-state index in [1.54, 1.807) is 12.0 Å². The molecule has 42 heavy (non-hydrogen) atoms. The number of carbonyl (C=O) groups is 1. The molecule has 220 valence electrons. The maximum atomic E-state index is 12.5. The largest absolute Gasteiger partial charge is 0.497 e. The van der Waals surface area contributed by atoms with Crippen molar-refractivity contribution in [3.63, 3.8) is 0 Å². The predicted molar refractivity (Wildman–Crippen MR) is 168 cm³/mol. The number of hydrogen-bond donors (Lipinski definition) is 4. The molecule has 1 aliphatic heterocycles. The van der Waals surface area contributed by atoms with E-state index in [-0.39, 0.29) is 24.2 Å². The number of amidine groups is 2. The molecule has 5 rings (SSSR count). The van der Waals surface area contributed by atoms with Crippen LogP contribution >= 0.6 is 0 Å². The number of para-hydroxylation sites is 1. The third-order valence-electron chi connectivity index (χ3n) is 7.46. The van der Waals surface area contributed by atoms with Crippen LogP contribution in [0.2, 0.25) is 0 Å². The van der Waals surface area contributed by atoms with E-state index < -0.39 is 0 Å². The highest BCUT2D eigenvalue weighted by Crippen LogP contribution is 2.17. The summed E-state index contributed by atoms with van der Waals surface area (Å²) in [5, 5.41) is 21.5. The summed E-state index contributed by atoms with van der Waals surface area (Å²) in [5.74, 6) is 1.22. The first-order valence-electron chi connectivity index (χ1n) is 14.4. The molecule has 1 amide bonds. The van der Waals surface area contributed by atoms with Crippen LogP contribution in [0.5, 0.6) is 5.75 Å². The monoisotopic (exact) mass is 567 g/mol. The lowest BCUT2D eigenvalue weighted by molar-refractivity contribution is -0.127. The third kappa shape index (κ3) is 8.78. The summed E-state index contributed by atoms with van der Waals surface area (Å²) >= 11 is 0. The molecular weight excluding hydrogens is 526 g/mol. The minimum absolute atomic E-state index is 0.0433. The van der Waals surface area contributed by atoms with Crippen LogP contribution in [0.1, 0.15) is 36.0 Å². The van der Waals surface area contributed by atoms with E-state index in [0.29, 0.717) is 44.9 Å². The van der Waals surface area contributed by atoms with Gasteiger partial charge in [-0.1, -0.05) is 60.7 Å². The molecule has 1 aliphatic rings. The number of methoxy groups -OCH3 is 1. The van der Waals surface area contributed by atoms with Crippen LogP contribution in [-0.4, -0.2) is 54.3 Å². The Kier molecular flexibility index (Phi) is 11.3. The van der Waals surface area contributed by atoms with Crippen LogP contribution < -0.4 is 10.1 Å². The number of hydrogen-bond acceptors (Lipinski definition) is 5. The van der Waals surface area contributed by atoms with E-state index in [1.165, 1.54) is 16.5 Å². The number of H-pyrrole nitrogens is 1. The first-order chi connectivity index (χ1) is 20.4. The molecule has 8 heteroatoms. The molecule has 0 radical (unpaired) electrons. The molecule has 0 unspecified atom stereocenters. The van der Waals surface area contributed by atoms with Gasteiger partial charge in [-0.2, -0.15) is 0 Å². The predicted octanol–water partition coefficient (Wildman–Crippen LogP) is 6.10. The molecule has 2 heterocycles. The zero-order valence-corrected chi connectivity index (χ0v) is 24.5. The fourth-order valence-electron chi connectivity index (χ4n) is 4.90. The van der Waals surface area contributed by atoms with Gasteiger partial charge in [-0.05, 0) is 61.1 Å². The normalized spacial score (nSPS) is 13.1. The van der Waals surface area contributed by atoms with Gasteiger partial charge < -0.3 is 24.7 Å².